The van der Waals surface area contributed by atoms with Gasteiger partial charge in [-0.3, -0.25) is 0 Å². The molecule has 0 saturated carbocycles. The minimum absolute atomic E-state index is 0.0566. The molecular weight excluding hydrogens is 400 g/mol. The minimum atomic E-state index is -3.73. The lowest BCUT2D eigenvalue weighted by atomic mass is 10.0. The van der Waals surface area contributed by atoms with Gasteiger partial charge in [0.25, 0.3) is 0 Å². The van der Waals surface area contributed by atoms with Crippen LogP contribution in [0.2, 0.25) is 0 Å². The van der Waals surface area contributed by atoms with Crippen molar-refractivity contribution in [3.8, 4) is 5.75 Å². The highest BCUT2D eigenvalue weighted by molar-refractivity contribution is 9.10. The van der Waals surface area contributed by atoms with Crippen molar-refractivity contribution in [2.45, 2.75) is 17.1 Å². The van der Waals surface area contributed by atoms with Gasteiger partial charge < -0.3 is 5.11 Å². The fourth-order valence-electron chi connectivity index (χ4n) is 2.76. The summed E-state index contributed by atoms with van der Waals surface area (Å²) in [5.41, 5.74) is 1.96. The molecule has 5 heteroatoms. The number of phenolic OH excluding ortho intramolecular Hbond substituents is 1. The smallest absolute Gasteiger partial charge is 0.189 e. The molecule has 3 nitrogen and oxygen atoms in total. The summed E-state index contributed by atoms with van der Waals surface area (Å²) in [5.74, 6) is -0.0566. The number of hydrogen-bond donors (Lipinski definition) is 1. The lowest BCUT2D eigenvalue weighted by Crippen LogP contribution is -2.15. The van der Waals surface area contributed by atoms with E-state index in [1.54, 1.807) is 60.7 Å². The van der Waals surface area contributed by atoms with Crippen molar-refractivity contribution in [2.75, 3.05) is 0 Å². The molecule has 0 aliphatic carbocycles. The summed E-state index contributed by atoms with van der Waals surface area (Å²) in [6.45, 7) is 1.91. The summed E-state index contributed by atoms with van der Waals surface area (Å²) in [7, 11) is -3.73. The summed E-state index contributed by atoms with van der Waals surface area (Å²) in [5, 5.41) is 9.40. The molecule has 3 rings (SSSR count). The second kappa shape index (κ2) is 7.02. The number of phenols is 1. The molecule has 25 heavy (non-hydrogen) atoms. The summed E-state index contributed by atoms with van der Waals surface area (Å²) in [6.07, 6.45) is 0. The third kappa shape index (κ3) is 3.62. The number of sulfone groups is 1. The van der Waals surface area contributed by atoms with Crippen LogP contribution in [-0.4, -0.2) is 13.5 Å². The Balaban J connectivity index is 2.23. The van der Waals surface area contributed by atoms with Crippen LogP contribution in [0.25, 0.3) is 0 Å². The average Bonchev–Trinajstić information content (AvgIpc) is 2.58. The first-order valence-corrected chi connectivity index (χ1v) is 10.1. The standard InChI is InChI=1S/C20H17BrO3S/c1-14-7-10-17(11-8-14)25(23,24)20(15-5-3-2-4-6-15)18-12-9-16(21)13-19(18)22/h2-13,20,22H,1H3. The number of aryl methyl sites for hydroxylation is 1. The first-order valence-electron chi connectivity index (χ1n) is 7.73. The molecule has 0 saturated heterocycles. The Morgan fingerprint density at radius 2 is 1.56 bits per heavy atom. The average molecular weight is 417 g/mol. The third-order valence-corrected chi connectivity index (χ3v) is 6.61. The maximum atomic E-state index is 13.4. The molecule has 128 valence electrons. The number of halogens is 1. The van der Waals surface area contributed by atoms with Crippen LogP contribution in [0, 0.1) is 6.92 Å². The lowest BCUT2D eigenvalue weighted by Gasteiger charge is -2.20. The largest absolute Gasteiger partial charge is 0.508 e. The Bertz CT molecular complexity index is 981. The van der Waals surface area contributed by atoms with Gasteiger partial charge in [-0.25, -0.2) is 8.42 Å². The van der Waals surface area contributed by atoms with E-state index in [1.807, 2.05) is 13.0 Å². The van der Waals surface area contributed by atoms with Crippen molar-refractivity contribution in [1.82, 2.24) is 0 Å². The van der Waals surface area contributed by atoms with Gasteiger partial charge in [0, 0.05) is 10.0 Å². The predicted octanol–water partition coefficient (Wildman–Crippen LogP) is 5.03. The molecule has 3 aromatic rings. The zero-order valence-corrected chi connectivity index (χ0v) is 16.0. The van der Waals surface area contributed by atoms with E-state index in [1.165, 1.54) is 6.07 Å². The van der Waals surface area contributed by atoms with E-state index < -0.39 is 15.1 Å². The van der Waals surface area contributed by atoms with Crippen LogP contribution < -0.4 is 0 Å². The second-order valence-corrected chi connectivity index (χ2v) is 8.80. The van der Waals surface area contributed by atoms with E-state index in [-0.39, 0.29) is 10.6 Å². The van der Waals surface area contributed by atoms with Gasteiger partial charge in [-0.1, -0.05) is 70.0 Å². The third-order valence-electron chi connectivity index (χ3n) is 4.04. The van der Waals surface area contributed by atoms with E-state index in [2.05, 4.69) is 15.9 Å². The Labute approximate surface area is 156 Å². The maximum Gasteiger partial charge on any atom is 0.189 e. The van der Waals surface area contributed by atoms with Crippen LogP contribution in [-0.2, 0) is 9.84 Å². The molecule has 0 aliphatic rings. The Morgan fingerprint density at radius 3 is 2.16 bits per heavy atom. The molecule has 1 unspecified atom stereocenters. The quantitative estimate of drug-likeness (QED) is 0.648. The van der Waals surface area contributed by atoms with Gasteiger partial charge in [-0.15, -0.1) is 0 Å². The monoisotopic (exact) mass is 416 g/mol. The first-order chi connectivity index (χ1) is 11.9. The number of aromatic hydroxyl groups is 1. The van der Waals surface area contributed by atoms with Gasteiger partial charge in [-0.2, -0.15) is 0 Å². The van der Waals surface area contributed by atoms with E-state index in [4.69, 9.17) is 0 Å². The van der Waals surface area contributed by atoms with E-state index in [9.17, 15) is 13.5 Å². The number of benzene rings is 3. The highest BCUT2D eigenvalue weighted by Crippen LogP contribution is 2.39. The molecule has 0 heterocycles. The van der Waals surface area contributed by atoms with Gasteiger partial charge in [0.15, 0.2) is 9.84 Å². The van der Waals surface area contributed by atoms with Crippen molar-refractivity contribution < 1.29 is 13.5 Å². The summed E-state index contributed by atoms with van der Waals surface area (Å²) in [4.78, 5) is 0.231. The molecule has 3 aromatic carbocycles. The fourth-order valence-corrected chi connectivity index (χ4v) is 4.94. The van der Waals surface area contributed by atoms with E-state index in [0.717, 1.165) is 5.56 Å². The van der Waals surface area contributed by atoms with Gasteiger partial charge in [0.1, 0.15) is 11.0 Å². The fraction of sp³-hybridized carbons (Fsp3) is 0.100. The van der Waals surface area contributed by atoms with Crippen molar-refractivity contribution in [3.05, 3.63) is 94.0 Å². The molecule has 0 spiro atoms. The first kappa shape index (κ1) is 17.7. The molecule has 0 aromatic heterocycles. The highest BCUT2D eigenvalue weighted by Gasteiger charge is 2.32. The maximum absolute atomic E-state index is 13.4. The van der Waals surface area contributed by atoms with Crippen LogP contribution in [0.3, 0.4) is 0 Å². The van der Waals surface area contributed by atoms with E-state index in [0.29, 0.717) is 15.6 Å². The SMILES string of the molecule is Cc1ccc(S(=O)(=O)C(c2ccccc2)c2ccc(Br)cc2O)cc1. The summed E-state index contributed by atoms with van der Waals surface area (Å²) in [6, 6.07) is 20.6. The number of hydrogen-bond acceptors (Lipinski definition) is 3. The van der Waals surface area contributed by atoms with Crippen LogP contribution >= 0.6 is 15.9 Å². The van der Waals surface area contributed by atoms with Gasteiger partial charge in [0.05, 0.1) is 4.90 Å². The molecule has 1 N–H and O–H groups in total. The molecule has 0 aliphatic heterocycles. The number of rotatable bonds is 4. The molecule has 0 radical (unpaired) electrons. The lowest BCUT2D eigenvalue weighted by molar-refractivity contribution is 0.467. The molecular formula is C20H17BrO3S. The van der Waals surface area contributed by atoms with Crippen LogP contribution in [0.4, 0.5) is 0 Å². The Morgan fingerprint density at radius 1 is 0.920 bits per heavy atom. The van der Waals surface area contributed by atoms with Crippen molar-refractivity contribution in [3.63, 3.8) is 0 Å². The zero-order valence-electron chi connectivity index (χ0n) is 13.6. The predicted molar refractivity (Wildman–Crippen MR) is 102 cm³/mol. The summed E-state index contributed by atoms with van der Waals surface area (Å²) < 4.78 is 27.4. The molecule has 1 atom stereocenters. The zero-order chi connectivity index (χ0) is 18.0. The van der Waals surface area contributed by atoms with Crippen molar-refractivity contribution >= 4 is 25.8 Å². The van der Waals surface area contributed by atoms with Gasteiger partial charge >= 0.3 is 0 Å². The Hall–Kier alpha value is -2.11. The van der Waals surface area contributed by atoms with Crippen molar-refractivity contribution in [2.24, 2.45) is 0 Å². The molecule has 0 amide bonds. The van der Waals surface area contributed by atoms with Gasteiger partial charge in [0.2, 0.25) is 0 Å². The van der Waals surface area contributed by atoms with Crippen molar-refractivity contribution in [1.29, 1.82) is 0 Å². The topological polar surface area (TPSA) is 54.4 Å². The van der Waals surface area contributed by atoms with E-state index >= 15 is 0 Å². The minimum Gasteiger partial charge on any atom is -0.508 e. The Kier molecular flexibility index (Phi) is 4.97. The molecule has 0 fully saturated rings. The highest BCUT2D eigenvalue weighted by atomic mass is 79.9. The van der Waals surface area contributed by atoms with Crippen LogP contribution in [0.15, 0.2) is 82.2 Å². The normalized spacial score (nSPS) is 12.7. The second-order valence-electron chi connectivity index (χ2n) is 5.85. The van der Waals surface area contributed by atoms with Crippen LogP contribution in [0.1, 0.15) is 21.9 Å². The molecule has 0 bridgehead atoms. The summed E-state index contributed by atoms with van der Waals surface area (Å²) >= 11 is 3.30. The van der Waals surface area contributed by atoms with Crippen LogP contribution in [0.5, 0.6) is 5.75 Å². The van der Waals surface area contributed by atoms with Gasteiger partial charge in [-0.05, 0) is 36.8 Å².